The Kier molecular flexibility index (Phi) is 2.45. The molecule has 1 saturated heterocycles. The maximum atomic E-state index is 5.50. The summed E-state index contributed by atoms with van der Waals surface area (Å²) in [7, 11) is 0. The van der Waals surface area contributed by atoms with E-state index in [2.05, 4.69) is 27.8 Å². The highest BCUT2D eigenvalue weighted by Gasteiger charge is 2.23. The number of aromatic nitrogens is 1. The van der Waals surface area contributed by atoms with Crippen LogP contribution in [-0.4, -0.2) is 41.6 Å². The summed E-state index contributed by atoms with van der Waals surface area (Å²) < 4.78 is 13.1. The molecular formula is C14H15N3O2. The molecule has 0 saturated carbocycles. The summed E-state index contributed by atoms with van der Waals surface area (Å²) >= 11 is 0. The second-order valence-corrected chi connectivity index (χ2v) is 4.81. The Balaban J connectivity index is 1.83. The van der Waals surface area contributed by atoms with Crippen LogP contribution in [0.1, 0.15) is 11.3 Å². The Morgan fingerprint density at radius 1 is 1.16 bits per heavy atom. The SMILES string of the molecule is c1cc2n(c1)Cc1ccoc1N=C2N1CCOCC1. The van der Waals surface area contributed by atoms with Gasteiger partial charge in [0.05, 0.1) is 31.7 Å². The standard InChI is InChI=1S/C14H15N3O2/c1-2-12-13(16-5-8-18-9-6-16)15-14-11(3-7-19-14)10-17(12)4-1/h1-4,7H,5-6,8-10H2. The van der Waals surface area contributed by atoms with Gasteiger partial charge in [-0.25, -0.2) is 0 Å². The summed E-state index contributed by atoms with van der Waals surface area (Å²) in [6, 6.07) is 6.17. The van der Waals surface area contributed by atoms with Gasteiger partial charge in [-0.05, 0) is 18.2 Å². The first-order valence-corrected chi connectivity index (χ1v) is 6.55. The molecule has 2 aliphatic rings. The molecule has 0 amide bonds. The van der Waals surface area contributed by atoms with Crippen molar-refractivity contribution in [3.8, 4) is 0 Å². The average Bonchev–Trinajstić information content (AvgIpc) is 3.06. The number of furan rings is 1. The molecule has 2 aromatic heterocycles. The van der Waals surface area contributed by atoms with E-state index in [1.54, 1.807) is 6.26 Å². The summed E-state index contributed by atoms with van der Waals surface area (Å²) in [5.41, 5.74) is 2.27. The Labute approximate surface area is 111 Å². The molecule has 4 rings (SSSR count). The minimum atomic E-state index is 0.727. The summed E-state index contributed by atoms with van der Waals surface area (Å²) in [5.74, 6) is 1.71. The molecule has 0 radical (unpaired) electrons. The lowest BCUT2D eigenvalue weighted by Crippen LogP contribution is -2.41. The fourth-order valence-electron chi connectivity index (χ4n) is 2.65. The number of nitrogens with zero attached hydrogens (tertiary/aromatic N) is 3. The third-order valence-electron chi connectivity index (χ3n) is 3.64. The van der Waals surface area contributed by atoms with E-state index in [9.17, 15) is 0 Å². The van der Waals surface area contributed by atoms with Gasteiger partial charge in [0.1, 0.15) is 0 Å². The second kappa shape index (κ2) is 4.28. The smallest absolute Gasteiger partial charge is 0.225 e. The number of amidine groups is 1. The topological polar surface area (TPSA) is 42.9 Å². The largest absolute Gasteiger partial charge is 0.446 e. The van der Waals surface area contributed by atoms with Crippen LogP contribution in [0.5, 0.6) is 0 Å². The zero-order chi connectivity index (χ0) is 12.7. The molecule has 0 N–H and O–H groups in total. The van der Waals surface area contributed by atoms with E-state index in [0.29, 0.717) is 0 Å². The van der Waals surface area contributed by atoms with Gasteiger partial charge in [0.25, 0.3) is 0 Å². The van der Waals surface area contributed by atoms with Crippen molar-refractivity contribution in [2.45, 2.75) is 6.54 Å². The lowest BCUT2D eigenvalue weighted by molar-refractivity contribution is 0.0681. The van der Waals surface area contributed by atoms with Crippen molar-refractivity contribution in [3.63, 3.8) is 0 Å². The first-order valence-electron chi connectivity index (χ1n) is 6.55. The van der Waals surface area contributed by atoms with Gasteiger partial charge >= 0.3 is 0 Å². The Morgan fingerprint density at radius 2 is 2.05 bits per heavy atom. The fourth-order valence-corrected chi connectivity index (χ4v) is 2.65. The Hall–Kier alpha value is -2.01. The average molecular weight is 257 g/mol. The van der Waals surface area contributed by atoms with Crippen LogP contribution in [0.25, 0.3) is 0 Å². The number of ether oxygens (including phenoxy) is 1. The fraction of sp³-hybridized carbons (Fsp3) is 0.357. The van der Waals surface area contributed by atoms with Gasteiger partial charge < -0.3 is 18.6 Å². The highest BCUT2D eigenvalue weighted by atomic mass is 16.5. The number of fused-ring (bicyclic) bond motifs is 2. The molecule has 4 heterocycles. The first kappa shape index (κ1) is 10.9. The lowest BCUT2D eigenvalue weighted by Gasteiger charge is -2.29. The van der Waals surface area contributed by atoms with Gasteiger partial charge in [0.15, 0.2) is 5.84 Å². The highest BCUT2D eigenvalue weighted by Crippen LogP contribution is 2.27. The Bertz CT molecular complexity index is 620. The number of hydrogen-bond donors (Lipinski definition) is 0. The summed E-state index contributed by atoms with van der Waals surface area (Å²) in [6.07, 6.45) is 3.80. The van der Waals surface area contributed by atoms with Crippen molar-refractivity contribution in [1.29, 1.82) is 0 Å². The number of morpholine rings is 1. The normalized spacial score (nSPS) is 18.5. The van der Waals surface area contributed by atoms with Gasteiger partial charge in [-0.15, -0.1) is 0 Å². The predicted octanol–water partition coefficient (Wildman–Crippen LogP) is 1.85. The second-order valence-electron chi connectivity index (χ2n) is 4.81. The van der Waals surface area contributed by atoms with Crippen molar-refractivity contribution < 1.29 is 9.15 Å². The van der Waals surface area contributed by atoms with E-state index < -0.39 is 0 Å². The van der Waals surface area contributed by atoms with Gasteiger partial charge in [0, 0.05) is 24.8 Å². The minimum absolute atomic E-state index is 0.727. The van der Waals surface area contributed by atoms with E-state index in [4.69, 9.17) is 14.1 Å². The van der Waals surface area contributed by atoms with Crippen molar-refractivity contribution in [2.75, 3.05) is 26.3 Å². The van der Waals surface area contributed by atoms with Crippen LogP contribution in [0.15, 0.2) is 40.1 Å². The highest BCUT2D eigenvalue weighted by molar-refractivity contribution is 5.99. The Morgan fingerprint density at radius 3 is 2.95 bits per heavy atom. The molecule has 2 aliphatic heterocycles. The van der Waals surface area contributed by atoms with Gasteiger partial charge in [0.2, 0.25) is 5.88 Å². The number of hydrogen-bond acceptors (Lipinski definition) is 4. The molecule has 0 bridgehead atoms. The van der Waals surface area contributed by atoms with Crippen LogP contribution >= 0.6 is 0 Å². The monoisotopic (exact) mass is 257 g/mol. The summed E-state index contributed by atoms with van der Waals surface area (Å²) in [5, 5.41) is 0. The first-order chi connectivity index (χ1) is 9.42. The molecule has 0 aliphatic carbocycles. The van der Waals surface area contributed by atoms with Crippen molar-refractivity contribution >= 4 is 11.7 Å². The van der Waals surface area contributed by atoms with Crippen molar-refractivity contribution in [1.82, 2.24) is 9.47 Å². The lowest BCUT2D eigenvalue weighted by atomic mass is 10.3. The van der Waals surface area contributed by atoms with Crippen LogP contribution < -0.4 is 0 Å². The van der Waals surface area contributed by atoms with Gasteiger partial charge in [-0.3, -0.25) is 0 Å². The maximum Gasteiger partial charge on any atom is 0.225 e. The van der Waals surface area contributed by atoms with E-state index in [1.165, 1.54) is 0 Å². The van der Waals surface area contributed by atoms with E-state index in [0.717, 1.165) is 55.8 Å². The number of rotatable bonds is 0. The predicted molar refractivity (Wildman–Crippen MR) is 70.8 cm³/mol. The molecular weight excluding hydrogens is 242 g/mol. The zero-order valence-corrected chi connectivity index (χ0v) is 10.6. The maximum absolute atomic E-state index is 5.50. The molecule has 5 heteroatoms. The van der Waals surface area contributed by atoms with Crippen LogP contribution in [0, 0.1) is 0 Å². The van der Waals surface area contributed by atoms with Gasteiger partial charge in [-0.1, -0.05) is 0 Å². The molecule has 0 atom stereocenters. The van der Waals surface area contributed by atoms with Crippen LogP contribution in [0.3, 0.4) is 0 Å². The summed E-state index contributed by atoms with van der Waals surface area (Å²) in [6.45, 7) is 4.07. The van der Waals surface area contributed by atoms with Crippen LogP contribution in [0.2, 0.25) is 0 Å². The van der Waals surface area contributed by atoms with Crippen LogP contribution in [0.4, 0.5) is 5.88 Å². The zero-order valence-electron chi connectivity index (χ0n) is 10.6. The molecule has 5 nitrogen and oxygen atoms in total. The van der Waals surface area contributed by atoms with E-state index >= 15 is 0 Å². The van der Waals surface area contributed by atoms with E-state index in [-0.39, 0.29) is 0 Å². The third-order valence-corrected chi connectivity index (χ3v) is 3.64. The quantitative estimate of drug-likeness (QED) is 0.723. The van der Waals surface area contributed by atoms with Crippen LogP contribution in [-0.2, 0) is 11.3 Å². The molecule has 0 spiro atoms. The molecule has 0 aromatic carbocycles. The van der Waals surface area contributed by atoms with Crippen molar-refractivity contribution in [3.05, 3.63) is 41.9 Å². The molecule has 19 heavy (non-hydrogen) atoms. The summed E-state index contributed by atoms with van der Waals surface area (Å²) in [4.78, 5) is 7.01. The molecule has 98 valence electrons. The third kappa shape index (κ3) is 1.77. The van der Waals surface area contributed by atoms with E-state index in [1.807, 2.05) is 6.07 Å². The molecule has 0 unspecified atom stereocenters. The molecule has 2 aromatic rings. The minimum Gasteiger partial charge on any atom is -0.446 e. The van der Waals surface area contributed by atoms with Crippen molar-refractivity contribution in [2.24, 2.45) is 4.99 Å². The molecule has 1 fully saturated rings. The number of aliphatic imine (C=N–C) groups is 1. The van der Waals surface area contributed by atoms with Gasteiger partial charge in [-0.2, -0.15) is 4.99 Å².